The third kappa shape index (κ3) is 4.56. The first-order chi connectivity index (χ1) is 12.8. The fourth-order valence-electron chi connectivity index (χ4n) is 2.55. The summed E-state index contributed by atoms with van der Waals surface area (Å²) in [5, 5.41) is 3.33. The minimum atomic E-state index is -3.70. The van der Waals surface area contributed by atoms with Crippen molar-refractivity contribution in [2.45, 2.75) is 4.90 Å². The van der Waals surface area contributed by atoms with Gasteiger partial charge in [-0.25, -0.2) is 8.42 Å². The molecule has 6 nitrogen and oxygen atoms in total. The SMILES string of the molecule is O=C(Nc1cc(Cl)c(Cl)cc1Cl)c1cccc(S(=O)(=O)N2CCOCC2)c1. The second kappa shape index (κ2) is 8.34. The van der Waals surface area contributed by atoms with Crippen LogP contribution in [0.4, 0.5) is 5.69 Å². The Bertz CT molecular complexity index is 976. The van der Waals surface area contributed by atoms with E-state index in [1.807, 2.05) is 0 Å². The Balaban J connectivity index is 1.85. The zero-order valence-corrected chi connectivity index (χ0v) is 17.0. The molecule has 0 aliphatic carbocycles. The molecule has 0 bridgehead atoms. The fourth-order valence-corrected chi connectivity index (χ4v) is 4.60. The molecule has 1 heterocycles. The summed E-state index contributed by atoms with van der Waals surface area (Å²) in [4.78, 5) is 12.6. The highest BCUT2D eigenvalue weighted by molar-refractivity contribution is 7.89. The largest absolute Gasteiger partial charge is 0.379 e. The van der Waals surface area contributed by atoms with Gasteiger partial charge >= 0.3 is 0 Å². The second-order valence-electron chi connectivity index (χ2n) is 5.74. The first-order valence-electron chi connectivity index (χ1n) is 7.93. The Morgan fingerprint density at radius 1 is 1.00 bits per heavy atom. The molecule has 27 heavy (non-hydrogen) atoms. The predicted molar refractivity (Wildman–Crippen MR) is 105 cm³/mol. The number of rotatable bonds is 4. The van der Waals surface area contributed by atoms with E-state index in [-0.39, 0.29) is 44.3 Å². The third-order valence-corrected chi connectivity index (χ3v) is 6.89. The predicted octanol–water partition coefficient (Wildman–Crippen LogP) is 3.92. The van der Waals surface area contributed by atoms with E-state index in [1.54, 1.807) is 0 Å². The molecule has 1 fully saturated rings. The molecule has 1 amide bonds. The Morgan fingerprint density at radius 3 is 2.37 bits per heavy atom. The molecule has 0 radical (unpaired) electrons. The maximum atomic E-state index is 12.7. The molecule has 0 atom stereocenters. The van der Waals surface area contributed by atoms with Gasteiger partial charge in [-0.2, -0.15) is 4.31 Å². The molecule has 0 unspecified atom stereocenters. The van der Waals surface area contributed by atoms with Crippen molar-refractivity contribution in [3.8, 4) is 0 Å². The number of halogens is 3. The number of hydrogen-bond donors (Lipinski definition) is 1. The quantitative estimate of drug-likeness (QED) is 0.718. The lowest BCUT2D eigenvalue weighted by Gasteiger charge is -2.26. The summed E-state index contributed by atoms with van der Waals surface area (Å²) in [7, 11) is -3.70. The van der Waals surface area contributed by atoms with Gasteiger partial charge in [0, 0.05) is 18.7 Å². The van der Waals surface area contributed by atoms with Gasteiger partial charge in [0.15, 0.2) is 0 Å². The van der Waals surface area contributed by atoms with Crippen molar-refractivity contribution in [3.05, 3.63) is 57.0 Å². The number of carbonyl (C=O) groups excluding carboxylic acids is 1. The van der Waals surface area contributed by atoms with Crippen LogP contribution in [-0.4, -0.2) is 44.9 Å². The summed E-state index contributed by atoms with van der Waals surface area (Å²) in [6.45, 7) is 1.24. The van der Waals surface area contributed by atoms with E-state index < -0.39 is 15.9 Å². The van der Waals surface area contributed by atoms with E-state index in [2.05, 4.69) is 5.32 Å². The van der Waals surface area contributed by atoms with E-state index in [0.29, 0.717) is 13.2 Å². The molecule has 0 spiro atoms. The van der Waals surface area contributed by atoms with Crippen LogP contribution >= 0.6 is 34.8 Å². The van der Waals surface area contributed by atoms with Gasteiger partial charge in [0.1, 0.15) is 0 Å². The Morgan fingerprint density at radius 2 is 1.67 bits per heavy atom. The average Bonchev–Trinajstić information content (AvgIpc) is 2.67. The minimum Gasteiger partial charge on any atom is -0.379 e. The molecule has 2 aromatic carbocycles. The van der Waals surface area contributed by atoms with Gasteiger partial charge in [-0.1, -0.05) is 40.9 Å². The zero-order valence-electron chi connectivity index (χ0n) is 13.9. The van der Waals surface area contributed by atoms with Gasteiger partial charge in [0.05, 0.1) is 38.9 Å². The highest BCUT2D eigenvalue weighted by Gasteiger charge is 2.27. The van der Waals surface area contributed by atoms with Crippen LogP contribution in [0.1, 0.15) is 10.4 Å². The van der Waals surface area contributed by atoms with Crippen LogP contribution in [0, 0.1) is 0 Å². The normalized spacial score (nSPS) is 15.5. The summed E-state index contributed by atoms with van der Waals surface area (Å²) in [5.74, 6) is -0.519. The molecular weight excluding hydrogens is 435 g/mol. The molecule has 0 saturated carbocycles. The lowest BCUT2D eigenvalue weighted by atomic mass is 10.2. The van der Waals surface area contributed by atoms with Gasteiger partial charge in [-0.3, -0.25) is 4.79 Å². The second-order valence-corrected chi connectivity index (χ2v) is 8.90. The Hall–Kier alpha value is -1.35. The number of morpholine rings is 1. The van der Waals surface area contributed by atoms with E-state index >= 15 is 0 Å². The molecular formula is C17H15Cl3N2O4S. The molecule has 3 rings (SSSR count). The minimum absolute atomic E-state index is 0.0392. The van der Waals surface area contributed by atoms with Crippen LogP contribution in [0.5, 0.6) is 0 Å². The van der Waals surface area contributed by atoms with Gasteiger partial charge in [-0.05, 0) is 30.3 Å². The van der Waals surface area contributed by atoms with Crippen LogP contribution in [0.2, 0.25) is 15.1 Å². The monoisotopic (exact) mass is 448 g/mol. The van der Waals surface area contributed by atoms with Crippen molar-refractivity contribution in [1.82, 2.24) is 4.31 Å². The molecule has 2 aromatic rings. The van der Waals surface area contributed by atoms with Crippen molar-refractivity contribution >= 4 is 56.4 Å². The average molecular weight is 450 g/mol. The van der Waals surface area contributed by atoms with Crippen molar-refractivity contribution in [2.24, 2.45) is 0 Å². The number of benzene rings is 2. The standard InChI is InChI=1S/C17H15Cl3N2O4S/c18-13-9-15(20)16(10-14(13)19)21-17(23)11-2-1-3-12(8-11)27(24,25)22-4-6-26-7-5-22/h1-3,8-10H,4-7H2,(H,21,23). The third-order valence-electron chi connectivity index (χ3n) is 3.96. The summed E-state index contributed by atoms with van der Waals surface area (Å²) >= 11 is 17.9. The topological polar surface area (TPSA) is 75.7 Å². The number of nitrogens with zero attached hydrogens (tertiary/aromatic N) is 1. The molecule has 1 N–H and O–H groups in total. The number of anilines is 1. The van der Waals surface area contributed by atoms with Crippen LogP contribution < -0.4 is 5.32 Å². The summed E-state index contributed by atoms with van der Waals surface area (Å²) < 4.78 is 32.0. The number of ether oxygens (including phenoxy) is 1. The van der Waals surface area contributed by atoms with Gasteiger partial charge in [0.25, 0.3) is 5.91 Å². The number of nitrogens with one attached hydrogen (secondary N) is 1. The van der Waals surface area contributed by atoms with Crippen molar-refractivity contribution in [3.63, 3.8) is 0 Å². The van der Waals surface area contributed by atoms with Gasteiger partial charge in [-0.15, -0.1) is 0 Å². The first-order valence-corrected chi connectivity index (χ1v) is 10.5. The van der Waals surface area contributed by atoms with Crippen molar-refractivity contribution in [2.75, 3.05) is 31.6 Å². The van der Waals surface area contributed by atoms with Crippen LogP contribution in [-0.2, 0) is 14.8 Å². The Labute approximate surface area is 172 Å². The maximum absolute atomic E-state index is 12.7. The van der Waals surface area contributed by atoms with Crippen molar-refractivity contribution < 1.29 is 17.9 Å². The highest BCUT2D eigenvalue weighted by atomic mass is 35.5. The lowest BCUT2D eigenvalue weighted by Crippen LogP contribution is -2.40. The van der Waals surface area contributed by atoms with Crippen LogP contribution in [0.3, 0.4) is 0 Å². The number of sulfonamides is 1. The van der Waals surface area contributed by atoms with E-state index in [9.17, 15) is 13.2 Å². The first kappa shape index (κ1) is 20.4. The van der Waals surface area contributed by atoms with E-state index in [4.69, 9.17) is 39.5 Å². The zero-order chi connectivity index (χ0) is 19.6. The fraction of sp³-hybridized carbons (Fsp3) is 0.235. The molecule has 1 aliphatic heterocycles. The molecule has 1 saturated heterocycles. The molecule has 1 aliphatic rings. The Kier molecular flexibility index (Phi) is 6.30. The smallest absolute Gasteiger partial charge is 0.255 e. The molecule has 0 aromatic heterocycles. The lowest BCUT2D eigenvalue weighted by molar-refractivity contribution is 0.0730. The van der Waals surface area contributed by atoms with E-state index in [0.717, 1.165) is 0 Å². The molecule has 10 heteroatoms. The van der Waals surface area contributed by atoms with E-state index in [1.165, 1.54) is 40.7 Å². The summed E-state index contributed by atoms with van der Waals surface area (Å²) in [6.07, 6.45) is 0. The highest BCUT2D eigenvalue weighted by Crippen LogP contribution is 2.32. The summed E-state index contributed by atoms with van der Waals surface area (Å²) in [6, 6.07) is 8.65. The van der Waals surface area contributed by atoms with Crippen LogP contribution in [0.15, 0.2) is 41.3 Å². The van der Waals surface area contributed by atoms with Gasteiger partial charge in [0.2, 0.25) is 10.0 Å². The van der Waals surface area contributed by atoms with Crippen LogP contribution in [0.25, 0.3) is 0 Å². The number of carbonyl (C=O) groups is 1. The van der Waals surface area contributed by atoms with Crippen molar-refractivity contribution in [1.29, 1.82) is 0 Å². The maximum Gasteiger partial charge on any atom is 0.255 e. The number of hydrogen-bond acceptors (Lipinski definition) is 4. The summed E-state index contributed by atoms with van der Waals surface area (Å²) in [5.41, 5.74) is 0.448. The number of amides is 1. The molecule has 144 valence electrons. The van der Waals surface area contributed by atoms with Gasteiger partial charge < -0.3 is 10.1 Å².